The molecule has 0 unspecified atom stereocenters. The number of hydrogen-bond acceptors (Lipinski definition) is 9. The number of amides is 2. The first kappa shape index (κ1) is 33.6. The number of anilines is 3. The normalized spacial score (nSPS) is 25.8. The molecular formula is C36H51FN10O2. The van der Waals surface area contributed by atoms with Gasteiger partial charge in [-0.15, -0.1) is 0 Å². The van der Waals surface area contributed by atoms with E-state index in [0.717, 1.165) is 109 Å². The molecule has 2 N–H and O–H groups in total. The highest BCUT2D eigenvalue weighted by molar-refractivity contribution is 5.80. The van der Waals surface area contributed by atoms with Crippen molar-refractivity contribution in [2.24, 2.45) is 11.8 Å². The van der Waals surface area contributed by atoms with Gasteiger partial charge in [0.05, 0.1) is 11.9 Å². The summed E-state index contributed by atoms with van der Waals surface area (Å²) in [6.45, 7) is 8.79. The number of benzene rings is 1. The minimum absolute atomic E-state index is 0.0183. The molecule has 2 saturated heterocycles. The summed E-state index contributed by atoms with van der Waals surface area (Å²) in [7, 11) is 4.21. The number of fused-ring (bicyclic) bond motifs is 1. The van der Waals surface area contributed by atoms with Crippen LogP contribution in [0, 0.1) is 24.6 Å². The summed E-state index contributed by atoms with van der Waals surface area (Å²) in [6, 6.07) is 5.27. The maximum Gasteiger partial charge on any atom is 0.225 e. The van der Waals surface area contributed by atoms with Gasteiger partial charge in [0, 0.05) is 76.3 Å². The van der Waals surface area contributed by atoms with Crippen molar-refractivity contribution in [3.63, 3.8) is 0 Å². The van der Waals surface area contributed by atoms with Gasteiger partial charge in [0.1, 0.15) is 11.3 Å². The molecule has 13 heteroatoms. The van der Waals surface area contributed by atoms with E-state index in [1.807, 2.05) is 22.8 Å². The van der Waals surface area contributed by atoms with Crippen molar-refractivity contribution in [2.75, 3.05) is 77.1 Å². The van der Waals surface area contributed by atoms with E-state index in [-0.39, 0.29) is 35.6 Å². The number of nitrogens with zero attached hydrogens (tertiary/aromatic N) is 8. The van der Waals surface area contributed by atoms with Crippen LogP contribution >= 0.6 is 0 Å². The van der Waals surface area contributed by atoms with Crippen LogP contribution in [0.4, 0.5) is 22.0 Å². The van der Waals surface area contributed by atoms with Gasteiger partial charge in [-0.1, -0.05) is 12.1 Å². The summed E-state index contributed by atoms with van der Waals surface area (Å²) in [6.07, 6.45) is 8.41. The maximum absolute atomic E-state index is 15.0. The van der Waals surface area contributed by atoms with Crippen LogP contribution in [0.3, 0.4) is 0 Å². The summed E-state index contributed by atoms with van der Waals surface area (Å²) in [5.74, 6) is 1.41. The lowest BCUT2D eigenvalue weighted by molar-refractivity contribution is -0.139. The zero-order valence-corrected chi connectivity index (χ0v) is 29.2. The van der Waals surface area contributed by atoms with E-state index in [9.17, 15) is 9.59 Å². The number of para-hydroxylation sites is 1. The third-order valence-electron chi connectivity index (χ3n) is 11.3. The van der Waals surface area contributed by atoms with Crippen LogP contribution < -0.4 is 10.6 Å². The molecule has 0 radical (unpaired) electrons. The average molecular weight is 675 g/mol. The smallest absolute Gasteiger partial charge is 0.225 e. The number of aryl methyl sites for hydroxylation is 1. The highest BCUT2D eigenvalue weighted by Gasteiger charge is 2.34. The first-order valence-electron chi connectivity index (χ1n) is 18.2. The van der Waals surface area contributed by atoms with Gasteiger partial charge in [0.2, 0.25) is 23.7 Å². The number of halogens is 1. The fourth-order valence-corrected chi connectivity index (χ4v) is 8.11. The van der Waals surface area contributed by atoms with E-state index >= 15 is 4.39 Å². The van der Waals surface area contributed by atoms with Crippen LogP contribution in [0.2, 0.25) is 0 Å². The van der Waals surface area contributed by atoms with Gasteiger partial charge in [-0.3, -0.25) is 14.2 Å². The van der Waals surface area contributed by atoms with E-state index in [1.54, 1.807) is 12.3 Å². The Hall–Kier alpha value is -3.84. The summed E-state index contributed by atoms with van der Waals surface area (Å²) >= 11 is 0. The molecule has 264 valence electrons. The number of carbonyl (C=O) groups excluding carboxylic acids is 2. The van der Waals surface area contributed by atoms with Gasteiger partial charge in [-0.25, -0.2) is 14.4 Å². The van der Waals surface area contributed by atoms with Crippen LogP contribution in [-0.2, 0) is 9.59 Å². The van der Waals surface area contributed by atoms with E-state index in [4.69, 9.17) is 9.97 Å². The zero-order chi connectivity index (χ0) is 34.1. The zero-order valence-electron chi connectivity index (χ0n) is 29.2. The molecule has 0 bridgehead atoms. The molecule has 12 nitrogen and oxygen atoms in total. The number of carbonyl (C=O) groups is 2. The molecule has 4 aliphatic rings. The number of nitrogens with one attached hydrogen (secondary N) is 2. The molecule has 1 aromatic carbocycles. The number of piperazine rings is 2. The summed E-state index contributed by atoms with van der Waals surface area (Å²) in [4.78, 5) is 49.7. The van der Waals surface area contributed by atoms with Crippen LogP contribution in [0.25, 0.3) is 11.2 Å². The van der Waals surface area contributed by atoms with Crippen LogP contribution in [0.5, 0.6) is 0 Å². The Labute approximate surface area is 288 Å². The second-order valence-corrected chi connectivity index (χ2v) is 14.7. The minimum atomic E-state index is -0.338. The Morgan fingerprint density at radius 3 is 1.92 bits per heavy atom. The largest absolute Gasteiger partial charge is 0.351 e. The molecule has 2 aromatic heterocycles. The molecule has 2 aliphatic heterocycles. The number of imidazole rings is 1. The number of likely N-dealkylation sites (N-methyl/N-ethyl adjacent to an activating group) is 2. The van der Waals surface area contributed by atoms with Crippen molar-refractivity contribution in [1.82, 2.24) is 39.1 Å². The topological polar surface area (TPSA) is 115 Å². The predicted octanol–water partition coefficient (Wildman–Crippen LogP) is 4.27. The second kappa shape index (κ2) is 14.6. The van der Waals surface area contributed by atoms with Crippen LogP contribution in [-0.4, -0.2) is 123 Å². The highest BCUT2D eigenvalue weighted by atomic mass is 19.1. The number of rotatable bonds is 7. The summed E-state index contributed by atoms with van der Waals surface area (Å²) in [5.41, 5.74) is 2.52. The monoisotopic (exact) mass is 674 g/mol. The molecule has 49 heavy (non-hydrogen) atoms. The lowest BCUT2D eigenvalue weighted by Gasteiger charge is -2.37. The van der Waals surface area contributed by atoms with Crippen molar-refractivity contribution in [2.45, 2.75) is 70.4 Å². The quantitative estimate of drug-likeness (QED) is 0.380. The predicted molar refractivity (Wildman–Crippen MR) is 188 cm³/mol. The van der Waals surface area contributed by atoms with E-state index < -0.39 is 0 Å². The van der Waals surface area contributed by atoms with E-state index in [1.165, 1.54) is 6.07 Å². The molecule has 3 aromatic rings. The number of aromatic nitrogens is 4. The molecular weight excluding hydrogens is 623 g/mol. The molecule has 2 saturated carbocycles. The lowest BCUT2D eigenvalue weighted by Crippen LogP contribution is -2.49. The maximum atomic E-state index is 15.0. The van der Waals surface area contributed by atoms with Gasteiger partial charge in [-0.2, -0.15) is 4.98 Å². The third kappa shape index (κ3) is 7.38. The van der Waals surface area contributed by atoms with E-state index in [0.29, 0.717) is 34.7 Å². The molecule has 0 spiro atoms. The Morgan fingerprint density at radius 2 is 1.35 bits per heavy atom. The van der Waals surface area contributed by atoms with Crippen molar-refractivity contribution in [1.29, 1.82) is 0 Å². The molecule has 4 fully saturated rings. The molecule has 2 amide bonds. The second-order valence-electron chi connectivity index (χ2n) is 14.7. The van der Waals surface area contributed by atoms with Crippen molar-refractivity contribution in [3.8, 4) is 0 Å². The van der Waals surface area contributed by atoms with Gasteiger partial charge in [-0.05, 0) is 84.0 Å². The molecule has 2 aliphatic carbocycles. The Morgan fingerprint density at radius 1 is 0.776 bits per heavy atom. The SMILES string of the molecule is Cc1cccc(F)c1Nc1nc2cnc(N[C@H]3CC[C@H](C(=O)N4CCN(C)CC4)CC3)nc2n1[C@H]1CC[C@@H](C(=O)N2CCN(C)CC2)CC1. The van der Waals surface area contributed by atoms with Crippen molar-refractivity contribution < 1.29 is 14.0 Å². The summed E-state index contributed by atoms with van der Waals surface area (Å²) < 4.78 is 17.1. The van der Waals surface area contributed by atoms with Crippen molar-refractivity contribution in [3.05, 3.63) is 35.8 Å². The average Bonchev–Trinajstić information content (AvgIpc) is 3.47. The van der Waals surface area contributed by atoms with Gasteiger partial charge < -0.3 is 30.2 Å². The fourth-order valence-electron chi connectivity index (χ4n) is 8.11. The first-order valence-corrected chi connectivity index (χ1v) is 18.2. The van der Waals surface area contributed by atoms with E-state index in [2.05, 4.69) is 44.1 Å². The van der Waals surface area contributed by atoms with Crippen LogP contribution in [0.1, 0.15) is 63.0 Å². The lowest BCUT2D eigenvalue weighted by atomic mass is 9.85. The van der Waals surface area contributed by atoms with Gasteiger partial charge in [0.25, 0.3) is 0 Å². The van der Waals surface area contributed by atoms with Gasteiger partial charge >= 0.3 is 0 Å². The van der Waals surface area contributed by atoms with Gasteiger partial charge in [0.15, 0.2) is 5.65 Å². The Bertz CT molecular complexity index is 1610. The summed E-state index contributed by atoms with van der Waals surface area (Å²) in [5, 5.41) is 6.86. The third-order valence-corrected chi connectivity index (χ3v) is 11.3. The Kier molecular flexibility index (Phi) is 10.00. The number of hydrogen-bond donors (Lipinski definition) is 2. The minimum Gasteiger partial charge on any atom is -0.351 e. The highest BCUT2D eigenvalue weighted by Crippen LogP contribution is 2.38. The molecule has 0 atom stereocenters. The van der Waals surface area contributed by atoms with Crippen molar-refractivity contribution >= 4 is 40.6 Å². The standard InChI is InChI=1S/C36H51FN10O2/c1-24-5-4-6-29(37)31(24)41-36-40-30-23-38-35(39-27-11-7-25(8-12-27)33(48)45-19-15-43(2)16-20-45)42-32(30)47(36)28-13-9-26(10-14-28)34(49)46-21-17-44(3)18-22-46/h4-6,23,25-28H,7-22H2,1-3H3,(H,40,41)(H,38,39,42)/t25-,26-,27-,28+. The Balaban J connectivity index is 1.07. The molecule has 4 heterocycles. The molecule has 7 rings (SSSR count). The first-order chi connectivity index (χ1) is 23.7. The fraction of sp³-hybridized carbons (Fsp3) is 0.639. The van der Waals surface area contributed by atoms with Crippen LogP contribution in [0.15, 0.2) is 24.4 Å².